The highest BCUT2D eigenvalue weighted by Crippen LogP contribution is 2.45. The van der Waals surface area contributed by atoms with Gasteiger partial charge in [0.05, 0.1) is 0 Å². The van der Waals surface area contributed by atoms with Crippen molar-refractivity contribution in [3.05, 3.63) is 44.6 Å². The minimum atomic E-state index is 0.948. The Kier molecular flexibility index (Phi) is 16.1. The summed E-state index contributed by atoms with van der Waals surface area (Å²) in [5, 5.41) is 0. The normalized spacial score (nSPS) is 15.8. The molecule has 0 saturated carbocycles. The Morgan fingerprint density at radius 2 is 0.818 bits per heavy atom. The van der Waals surface area contributed by atoms with E-state index < -0.39 is 0 Å². The molecule has 6 heteroatoms. The highest BCUT2D eigenvalue weighted by atomic mass is 79.9. The van der Waals surface area contributed by atoms with Crippen LogP contribution in [0.15, 0.2) is 33.5 Å². The van der Waals surface area contributed by atoms with Crippen LogP contribution in [0, 0.1) is 0 Å². The van der Waals surface area contributed by atoms with Crippen LogP contribution in [0.5, 0.6) is 0 Å². The van der Waals surface area contributed by atoms with Gasteiger partial charge >= 0.3 is 0 Å². The fraction of sp³-hybridized carbons (Fsp3) is 0.684. The molecule has 2 aliphatic rings. The van der Waals surface area contributed by atoms with Crippen molar-refractivity contribution in [2.24, 2.45) is 0 Å². The van der Waals surface area contributed by atoms with E-state index in [-0.39, 0.29) is 0 Å². The number of hydrogen-bond donors (Lipinski definition) is 0. The summed E-state index contributed by atoms with van der Waals surface area (Å²) < 4.78 is 2.12. The van der Waals surface area contributed by atoms with E-state index >= 15 is 0 Å². The van der Waals surface area contributed by atoms with E-state index in [1.807, 2.05) is 12.4 Å². The van der Waals surface area contributed by atoms with E-state index in [4.69, 9.17) is 9.97 Å². The molecule has 0 radical (unpaired) electrons. The third-order valence-electron chi connectivity index (χ3n) is 9.54. The average molecular weight is 731 g/mol. The van der Waals surface area contributed by atoms with Crippen molar-refractivity contribution in [3.8, 4) is 0 Å². The lowest BCUT2D eigenvalue weighted by molar-refractivity contribution is 0.555. The Bertz CT molecular complexity index is 1070. The number of unbranched alkanes of at least 4 members (excludes halogenated alkanes) is 18. The van der Waals surface area contributed by atoms with Gasteiger partial charge in [0.2, 0.25) is 0 Å². The third kappa shape index (κ3) is 10.9. The van der Waals surface area contributed by atoms with Crippen LogP contribution in [0.4, 0.5) is 11.6 Å². The van der Waals surface area contributed by atoms with E-state index in [9.17, 15) is 0 Å². The van der Waals surface area contributed by atoms with Gasteiger partial charge in [-0.2, -0.15) is 0 Å². The molecular weight excluding hydrogens is 672 g/mol. The summed E-state index contributed by atoms with van der Waals surface area (Å²) in [5.74, 6) is 2.31. The van der Waals surface area contributed by atoms with Crippen LogP contribution in [-0.2, 0) is 0 Å². The fourth-order valence-electron chi connectivity index (χ4n) is 6.98. The summed E-state index contributed by atoms with van der Waals surface area (Å²) in [6, 6.07) is 4.58. The van der Waals surface area contributed by atoms with Gasteiger partial charge in [0.15, 0.2) is 0 Å². The SMILES string of the molecule is CCCCCCCCCCCCN1C/C(=C2/CN(CCCCCCCCCCCC)c3ncc(Br)cc32)c2cc(Br)cnc21. The van der Waals surface area contributed by atoms with Crippen LogP contribution in [0.25, 0.3) is 11.1 Å². The molecule has 2 aliphatic heterocycles. The zero-order chi connectivity index (χ0) is 31.0. The predicted octanol–water partition coefficient (Wildman–Crippen LogP) is 12.4. The molecule has 44 heavy (non-hydrogen) atoms. The largest absolute Gasteiger partial charge is 0.352 e. The van der Waals surface area contributed by atoms with E-state index in [1.165, 1.54) is 151 Å². The Balaban J connectivity index is 1.32. The van der Waals surface area contributed by atoms with Gasteiger partial charge in [-0.05, 0) is 68.0 Å². The van der Waals surface area contributed by atoms with E-state index in [0.717, 1.165) is 46.8 Å². The fourth-order valence-corrected chi connectivity index (χ4v) is 7.64. The van der Waals surface area contributed by atoms with Gasteiger partial charge in [-0.15, -0.1) is 0 Å². The minimum Gasteiger partial charge on any atom is -0.352 e. The number of pyridine rings is 2. The number of anilines is 2. The molecule has 244 valence electrons. The molecule has 0 fully saturated rings. The molecule has 0 unspecified atom stereocenters. The standard InChI is InChI=1S/C38H58Br2N4/c1-3-5-7-9-11-13-15-17-19-21-23-43-29-35(33-25-31(39)27-41-37(33)43)36-30-44(38-34(36)26-32(40)28-42-38)24-22-20-18-16-14-12-10-8-6-4-2/h25-28H,3-24,29-30H2,1-2H3/b36-35+. The van der Waals surface area contributed by atoms with Crippen LogP contribution in [0.1, 0.15) is 153 Å². The average Bonchev–Trinajstić information content (AvgIpc) is 3.56. The summed E-state index contributed by atoms with van der Waals surface area (Å²) in [4.78, 5) is 14.9. The Morgan fingerprint density at radius 3 is 1.16 bits per heavy atom. The summed E-state index contributed by atoms with van der Waals surface area (Å²) >= 11 is 7.45. The smallest absolute Gasteiger partial charge is 0.136 e. The quantitative estimate of drug-likeness (QED) is 0.113. The summed E-state index contributed by atoms with van der Waals surface area (Å²) in [6.07, 6.45) is 31.3. The molecule has 0 N–H and O–H groups in total. The van der Waals surface area contributed by atoms with Crippen molar-refractivity contribution in [2.45, 2.75) is 142 Å². The van der Waals surface area contributed by atoms with Gasteiger partial charge in [-0.3, -0.25) is 0 Å². The zero-order valence-electron chi connectivity index (χ0n) is 27.8. The van der Waals surface area contributed by atoms with Crippen molar-refractivity contribution in [1.29, 1.82) is 0 Å². The minimum absolute atomic E-state index is 0.948. The van der Waals surface area contributed by atoms with Crippen molar-refractivity contribution < 1.29 is 0 Å². The molecule has 0 spiro atoms. The monoisotopic (exact) mass is 728 g/mol. The van der Waals surface area contributed by atoms with Gasteiger partial charge < -0.3 is 9.80 Å². The predicted molar refractivity (Wildman–Crippen MR) is 199 cm³/mol. The lowest BCUT2D eigenvalue weighted by Crippen LogP contribution is -2.23. The van der Waals surface area contributed by atoms with E-state index in [1.54, 1.807) is 0 Å². The third-order valence-corrected chi connectivity index (χ3v) is 10.4. The Labute approximate surface area is 286 Å². The molecule has 0 aliphatic carbocycles. The Morgan fingerprint density at radius 1 is 0.500 bits per heavy atom. The maximum Gasteiger partial charge on any atom is 0.136 e. The second-order valence-electron chi connectivity index (χ2n) is 13.2. The lowest BCUT2D eigenvalue weighted by Gasteiger charge is -2.18. The maximum absolute atomic E-state index is 4.93. The molecule has 0 atom stereocenters. The van der Waals surface area contributed by atoms with E-state index in [0.29, 0.717) is 0 Å². The summed E-state index contributed by atoms with van der Waals surface area (Å²) in [5.41, 5.74) is 5.47. The van der Waals surface area contributed by atoms with Gasteiger partial charge in [-0.1, -0.05) is 129 Å². The number of aromatic nitrogens is 2. The molecule has 0 aromatic carbocycles. The molecule has 0 saturated heterocycles. The molecule has 2 aromatic rings. The number of halogens is 2. The van der Waals surface area contributed by atoms with Crippen molar-refractivity contribution >= 4 is 54.6 Å². The molecular formula is C38H58Br2N4. The van der Waals surface area contributed by atoms with Crippen molar-refractivity contribution in [1.82, 2.24) is 9.97 Å². The summed E-state index contributed by atoms with van der Waals surface area (Å²) in [7, 11) is 0. The number of fused-ring (bicyclic) bond motifs is 2. The molecule has 4 nitrogen and oxygen atoms in total. The zero-order valence-corrected chi connectivity index (χ0v) is 31.0. The first kappa shape index (κ1) is 35.5. The first-order chi connectivity index (χ1) is 21.6. The molecule has 4 rings (SSSR count). The first-order valence-corrected chi connectivity index (χ1v) is 19.7. The highest BCUT2D eigenvalue weighted by molar-refractivity contribution is 9.10. The second kappa shape index (κ2) is 20.0. The lowest BCUT2D eigenvalue weighted by atomic mass is 9.99. The first-order valence-electron chi connectivity index (χ1n) is 18.2. The van der Waals surface area contributed by atoms with Crippen LogP contribution >= 0.6 is 31.9 Å². The Hall–Kier alpha value is -1.40. The molecule has 0 amide bonds. The molecule has 2 aromatic heterocycles. The van der Waals surface area contributed by atoms with Gasteiger partial charge in [0.1, 0.15) is 11.6 Å². The number of rotatable bonds is 22. The highest BCUT2D eigenvalue weighted by Gasteiger charge is 2.33. The van der Waals surface area contributed by atoms with Gasteiger partial charge in [-0.25, -0.2) is 9.97 Å². The van der Waals surface area contributed by atoms with E-state index in [2.05, 4.69) is 67.6 Å². The molecule has 0 bridgehead atoms. The van der Waals surface area contributed by atoms with Crippen LogP contribution < -0.4 is 9.80 Å². The van der Waals surface area contributed by atoms with Crippen LogP contribution in [0.2, 0.25) is 0 Å². The van der Waals surface area contributed by atoms with Crippen molar-refractivity contribution in [2.75, 3.05) is 36.0 Å². The second-order valence-corrected chi connectivity index (χ2v) is 15.0. The van der Waals surface area contributed by atoms with Gasteiger partial charge in [0, 0.05) is 58.6 Å². The number of hydrogen-bond acceptors (Lipinski definition) is 4. The van der Waals surface area contributed by atoms with Gasteiger partial charge in [0.25, 0.3) is 0 Å². The van der Waals surface area contributed by atoms with Crippen LogP contribution in [-0.4, -0.2) is 36.1 Å². The summed E-state index contributed by atoms with van der Waals surface area (Å²) in [6.45, 7) is 8.66. The van der Waals surface area contributed by atoms with Crippen molar-refractivity contribution in [3.63, 3.8) is 0 Å². The molecule has 4 heterocycles. The topological polar surface area (TPSA) is 32.3 Å². The number of nitrogens with zero attached hydrogens (tertiary/aromatic N) is 4. The maximum atomic E-state index is 4.93. The van der Waals surface area contributed by atoms with Crippen LogP contribution in [0.3, 0.4) is 0 Å².